The van der Waals surface area contributed by atoms with Crippen LogP contribution in [0.3, 0.4) is 0 Å². The van der Waals surface area contributed by atoms with Crippen LogP contribution >= 0.6 is 0 Å². The van der Waals surface area contributed by atoms with Crippen LogP contribution in [0.15, 0.2) is 4.99 Å². The molecule has 1 fully saturated rings. The quantitative estimate of drug-likeness (QED) is 0.405. The van der Waals surface area contributed by atoms with Crippen molar-refractivity contribution in [3.63, 3.8) is 0 Å². The zero-order valence-electron chi connectivity index (χ0n) is 17.1. The molecular formula is C18H39N5O2. The normalized spacial score (nSPS) is 19.8. The summed E-state index contributed by atoms with van der Waals surface area (Å²) in [5.74, 6) is 0.761. The van der Waals surface area contributed by atoms with Gasteiger partial charge in [0.15, 0.2) is 5.96 Å². The van der Waals surface area contributed by atoms with E-state index >= 15 is 0 Å². The van der Waals surface area contributed by atoms with Gasteiger partial charge in [-0.3, -0.25) is 9.89 Å². The Morgan fingerprint density at radius 2 is 1.84 bits per heavy atom. The molecule has 0 aromatic heterocycles. The molecule has 0 bridgehead atoms. The molecule has 1 unspecified atom stereocenters. The fourth-order valence-electron chi connectivity index (χ4n) is 3.11. The minimum atomic E-state index is -0.813. The number of aliphatic imine (C=N–C) groups is 1. The number of guanidine groups is 1. The van der Waals surface area contributed by atoms with Crippen LogP contribution < -0.4 is 10.6 Å². The topological polar surface area (TPSA) is 72.4 Å². The predicted molar refractivity (Wildman–Crippen MR) is 104 cm³/mol. The van der Waals surface area contributed by atoms with Gasteiger partial charge < -0.3 is 25.4 Å². The first kappa shape index (κ1) is 22.2. The van der Waals surface area contributed by atoms with Crippen molar-refractivity contribution in [1.82, 2.24) is 20.4 Å². The zero-order chi connectivity index (χ0) is 18.9. The number of morpholine rings is 1. The first-order valence-electron chi connectivity index (χ1n) is 9.33. The van der Waals surface area contributed by atoms with Crippen molar-refractivity contribution in [1.29, 1.82) is 0 Å². The minimum Gasteiger partial charge on any atom is -0.387 e. The van der Waals surface area contributed by atoms with Gasteiger partial charge in [0, 0.05) is 45.8 Å². The van der Waals surface area contributed by atoms with Gasteiger partial charge in [0.2, 0.25) is 0 Å². The number of hydrogen-bond donors (Lipinski definition) is 3. The molecule has 0 saturated carbocycles. The van der Waals surface area contributed by atoms with Crippen LogP contribution in [0.25, 0.3) is 0 Å². The number of hydrogen-bond acceptors (Lipinski definition) is 5. The lowest BCUT2D eigenvalue weighted by molar-refractivity contribution is -0.0201. The smallest absolute Gasteiger partial charge is 0.191 e. The van der Waals surface area contributed by atoms with Gasteiger partial charge >= 0.3 is 0 Å². The second-order valence-electron chi connectivity index (χ2n) is 8.34. The Hall–Kier alpha value is -0.890. The monoisotopic (exact) mass is 357 g/mol. The average molecular weight is 358 g/mol. The zero-order valence-corrected chi connectivity index (χ0v) is 17.1. The fourth-order valence-corrected chi connectivity index (χ4v) is 3.11. The van der Waals surface area contributed by atoms with Gasteiger partial charge in [-0.25, -0.2) is 0 Å². The van der Waals surface area contributed by atoms with Gasteiger partial charge in [-0.2, -0.15) is 0 Å². The summed E-state index contributed by atoms with van der Waals surface area (Å²) >= 11 is 0. The summed E-state index contributed by atoms with van der Waals surface area (Å²) in [5.41, 5.74) is -0.713. The Balaban J connectivity index is 2.53. The molecule has 7 nitrogen and oxygen atoms in total. The molecule has 1 atom stereocenters. The third kappa shape index (κ3) is 9.99. The SMILES string of the molecule is CCNC(=NCC(C)(C)CN(C)C)NCC(C)(O)CN1CCOCC1. The minimum absolute atomic E-state index is 0.0994. The molecule has 25 heavy (non-hydrogen) atoms. The molecule has 1 aliphatic heterocycles. The Kier molecular flexibility index (Phi) is 9.13. The summed E-state index contributed by atoms with van der Waals surface area (Å²) in [5, 5.41) is 17.3. The first-order chi connectivity index (χ1) is 11.6. The van der Waals surface area contributed by atoms with Gasteiger partial charge in [-0.15, -0.1) is 0 Å². The number of nitrogens with zero attached hydrogens (tertiary/aromatic N) is 3. The Morgan fingerprint density at radius 3 is 2.40 bits per heavy atom. The predicted octanol–water partition coefficient (Wildman–Crippen LogP) is 0.213. The molecule has 0 radical (unpaired) electrons. The standard InChI is InChI=1S/C18H39N5O2/c1-7-19-16(20-12-17(2,3)14-22(5)6)21-13-18(4,24)15-23-8-10-25-11-9-23/h24H,7-15H2,1-6H3,(H2,19,20,21). The van der Waals surface area contributed by atoms with Crippen LogP contribution in [0.5, 0.6) is 0 Å². The highest BCUT2D eigenvalue weighted by Crippen LogP contribution is 2.16. The number of nitrogens with one attached hydrogen (secondary N) is 2. The van der Waals surface area contributed by atoms with E-state index in [-0.39, 0.29) is 5.41 Å². The number of β-amino-alcohol motifs (C(OH)–C–C–N with tert-alkyl or cyclic N) is 1. The van der Waals surface area contributed by atoms with Gasteiger partial charge in [0.25, 0.3) is 0 Å². The fraction of sp³-hybridized carbons (Fsp3) is 0.944. The highest BCUT2D eigenvalue weighted by molar-refractivity contribution is 5.79. The summed E-state index contributed by atoms with van der Waals surface area (Å²) in [6.45, 7) is 15.2. The molecule has 148 valence electrons. The largest absolute Gasteiger partial charge is 0.387 e. The van der Waals surface area contributed by atoms with E-state index in [1.807, 2.05) is 13.8 Å². The van der Waals surface area contributed by atoms with E-state index in [1.54, 1.807) is 0 Å². The van der Waals surface area contributed by atoms with Gasteiger partial charge in [-0.1, -0.05) is 13.8 Å². The Morgan fingerprint density at radius 1 is 1.20 bits per heavy atom. The molecule has 0 aliphatic carbocycles. The number of aliphatic hydroxyl groups is 1. The van der Waals surface area contributed by atoms with Crippen molar-refractivity contribution in [2.75, 3.05) is 73.1 Å². The summed E-state index contributed by atoms with van der Waals surface area (Å²) in [4.78, 5) is 9.14. The molecule has 1 rings (SSSR count). The molecule has 3 N–H and O–H groups in total. The van der Waals surface area contributed by atoms with Gasteiger partial charge in [-0.05, 0) is 33.4 Å². The maximum absolute atomic E-state index is 10.7. The maximum atomic E-state index is 10.7. The van der Waals surface area contributed by atoms with Crippen molar-refractivity contribution >= 4 is 5.96 Å². The lowest BCUT2D eigenvalue weighted by atomic mass is 9.93. The third-order valence-corrected chi connectivity index (χ3v) is 4.06. The first-order valence-corrected chi connectivity index (χ1v) is 9.33. The van der Waals surface area contributed by atoms with Crippen molar-refractivity contribution in [3.8, 4) is 0 Å². The highest BCUT2D eigenvalue weighted by Gasteiger charge is 2.26. The van der Waals surface area contributed by atoms with Crippen LogP contribution in [-0.4, -0.2) is 99.6 Å². The van der Waals surface area contributed by atoms with E-state index in [0.29, 0.717) is 13.1 Å². The van der Waals surface area contributed by atoms with E-state index in [1.165, 1.54) is 0 Å². The average Bonchev–Trinajstić information content (AvgIpc) is 2.49. The van der Waals surface area contributed by atoms with Gasteiger partial charge in [0.1, 0.15) is 0 Å². The van der Waals surface area contributed by atoms with E-state index < -0.39 is 5.60 Å². The van der Waals surface area contributed by atoms with Crippen molar-refractivity contribution < 1.29 is 9.84 Å². The molecule has 0 amide bonds. The molecule has 0 aromatic carbocycles. The number of rotatable bonds is 9. The molecular weight excluding hydrogens is 318 g/mol. The Labute approximate surface area is 153 Å². The molecule has 1 heterocycles. The van der Waals surface area contributed by atoms with Crippen molar-refractivity contribution in [2.45, 2.75) is 33.3 Å². The van der Waals surface area contributed by atoms with Crippen LogP contribution in [0.2, 0.25) is 0 Å². The van der Waals surface area contributed by atoms with E-state index in [9.17, 15) is 5.11 Å². The summed E-state index contributed by atoms with van der Waals surface area (Å²) in [6.07, 6.45) is 0. The Bertz CT molecular complexity index is 404. The van der Waals surface area contributed by atoms with Crippen molar-refractivity contribution in [2.24, 2.45) is 10.4 Å². The molecule has 1 saturated heterocycles. The molecule has 7 heteroatoms. The van der Waals surface area contributed by atoms with E-state index in [2.05, 4.69) is 48.4 Å². The summed E-state index contributed by atoms with van der Waals surface area (Å²) < 4.78 is 5.36. The van der Waals surface area contributed by atoms with Crippen LogP contribution in [0.4, 0.5) is 0 Å². The molecule has 0 spiro atoms. The van der Waals surface area contributed by atoms with Crippen molar-refractivity contribution in [3.05, 3.63) is 0 Å². The van der Waals surface area contributed by atoms with Crippen LogP contribution in [-0.2, 0) is 4.74 Å². The molecule has 1 aliphatic rings. The summed E-state index contributed by atoms with van der Waals surface area (Å²) in [6, 6.07) is 0. The van der Waals surface area contributed by atoms with E-state index in [0.717, 1.165) is 51.9 Å². The maximum Gasteiger partial charge on any atom is 0.191 e. The second kappa shape index (κ2) is 10.3. The van der Waals surface area contributed by atoms with E-state index in [4.69, 9.17) is 9.73 Å². The summed E-state index contributed by atoms with van der Waals surface area (Å²) in [7, 11) is 4.16. The lowest BCUT2D eigenvalue weighted by Crippen LogP contribution is -2.53. The van der Waals surface area contributed by atoms with Crippen LogP contribution in [0.1, 0.15) is 27.7 Å². The number of ether oxygens (including phenoxy) is 1. The third-order valence-electron chi connectivity index (χ3n) is 4.06. The highest BCUT2D eigenvalue weighted by atomic mass is 16.5. The van der Waals surface area contributed by atoms with Gasteiger partial charge in [0.05, 0.1) is 18.8 Å². The second-order valence-corrected chi connectivity index (χ2v) is 8.34. The molecule has 0 aromatic rings. The van der Waals surface area contributed by atoms with Crippen LogP contribution in [0, 0.1) is 5.41 Å². The lowest BCUT2D eigenvalue weighted by Gasteiger charge is -2.34.